The van der Waals surface area contributed by atoms with Crippen molar-refractivity contribution in [2.24, 2.45) is 35.5 Å². The summed E-state index contributed by atoms with van der Waals surface area (Å²) in [7, 11) is 0. The number of likely N-dealkylation sites (tertiary alicyclic amines) is 1. The molecular formula is C21H36N2O4. The van der Waals surface area contributed by atoms with Gasteiger partial charge < -0.3 is 20.2 Å². The van der Waals surface area contributed by atoms with Crippen LogP contribution in [0.25, 0.3) is 0 Å². The Kier molecular flexibility index (Phi) is 6.07. The van der Waals surface area contributed by atoms with Crippen LogP contribution in [-0.4, -0.2) is 76.6 Å². The average molecular weight is 381 g/mol. The van der Waals surface area contributed by atoms with E-state index < -0.39 is 6.23 Å². The molecule has 1 aliphatic heterocycles. The van der Waals surface area contributed by atoms with Gasteiger partial charge in [-0.05, 0) is 55.8 Å². The lowest BCUT2D eigenvalue weighted by Crippen LogP contribution is -2.45. The summed E-state index contributed by atoms with van der Waals surface area (Å²) >= 11 is 0. The fourth-order valence-electron chi connectivity index (χ4n) is 6.79. The minimum Gasteiger partial charge on any atom is -0.395 e. The van der Waals surface area contributed by atoms with Gasteiger partial charge in [0.2, 0.25) is 5.91 Å². The smallest absolute Gasteiger partial charge is 0.228 e. The second kappa shape index (κ2) is 8.36. The topological polar surface area (TPSA) is 84.2 Å². The van der Waals surface area contributed by atoms with E-state index in [-0.39, 0.29) is 31.0 Å². The summed E-state index contributed by atoms with van der Waals surface area (Å²) < 4.78 is 0. The summed E-state index contributed by atoms with van der Waals surface area (Å²) in [5.41, 5.74) is 0. The number of hydrogen-bond acceptors (Lipinski definition) is 5. The molecule has 3 aliphatic carbocycles. The van der Waals surface area contributed by atoms with E-state index in [9.17, 15) is 20.1 Å². The van der Waals surface area contributed by atoms with Crippen LogP contribution in [0.4, 0.5) is 0 Å². The van der Waals surface area contributed by atoms with Gasteiger partial charge in [-0.25, -0.2) is 0 Å². The number of carbonyl (C=O) groups is 1. The molecule has 1 heterocycles. The highest BCUT2D eigenvalue weighted by molar-refractivity contribution is 5.83. The van der Waals surface area contributed by atoms with Crippen molar-refractivity contribution in [1.82, 2.24) is 9.80 Å². The van der Waals surface area contributed by atoms with Crippen LogP contribution in [0.3, 0.4) is 0 Å². The van der Waals surface area contributed by atoms with Crippen molar-refractivity contribution in [2.45, 2.75) is 51.2 Å². The molecule has 0 aromatic rings. The molecule has 1 saturated heterocycles. The number of rotatable bonds is 8. The van der Waals surface area contributed by atoms with E-state index in [2.05, 4.69) is 4.90 Å². The van der Waals surface area contributed by atoms with E-state index in [0.717, 1.165) is 25.8 Å². The average Bonchev–Trinajstić information content (AvgIpc) is 3.33. The fraction of sp³-hybridized carbons (Fsp3) is 0.952. The molecule has 0 aromatic carbocycles. The van der Waals surface area contributed by atoms with Crippen LogP contribution in [0.15, 0.2) is 0 Å². The summed E-state index contributed by atoms with van der Waals surface area (Å²) in [4.78, 5) is 17.0. The number of fused-ring (bicyclic) bond motifs is 5. The predicted molar refractivity (Wildman–Crippen MR) is 102 cm³/mol. The van der Waals surface area contributed by atoms with Crippen LogP contribution in [0.1, 0.15) is 44.9 Å². The molecule has 4 fully saturated rings. The van der Waals surface area contributed by atoms with Gasteiger partial charge in [0, 0.05) is 38.0 Å². The first-order chi connectivity index (χ1) is 13.1. The Labute approximate surface area is 162 Å². The predicted octanol–water partition coefficient (Wildman–Crippen LogP) is 0.902. The standard InChI is InChI=1S/C21H36N2O4/c24-9-7-22(8-10-25)12-16-3-1-2-4-17(16)13-23-20(26)18-14-5-6-15(11-14)19(18)21(23)27/h14-20,24-26H,1-13H2/t14-,15+,16+,17+,18+,19-,20?/m1/s1. The van der Waals surface area contributed by atoms with Gasteiger partial charge in [-0.2, -0.15) is 0 Å². The second-order valence-corrected chi connectivity index (χ2v) is 9.39. The van der Waals surface area contributed by atoms with Gasteiger partial charge in [-0.1, -0.05) is 12.8 Å². The zero-order valence-electron chi connectivity index (χ0n) is 16.4. The van der Waals surface area contributed by atoms with Gasteiger partial charge in [0.1, 0.15) is 6.23 Å². The molecule has 0 radical (unpaired) electrons. The van der Waals surface area contributed by atoms with E-state index in [0.29, 0.717) is 43.3 Å². The zero-order valence-corrected chi connectivity index (χ0v) is 16.4. The number of nitrogens with zero attached hydrogens (tertiary/aromatic N) is 2. The Hall–Kier alpha value is -0.690. The van der Waals surface area contributed by atoms with Crippen molar-refractivity contribution in [3.05, 3.63) is 0 Å². The lowest BCUT2D eigenvalue weighted by molar-refractivity contribution is -0.138. The molecule has 1 amide bonds. The number of carbonyl (C=O) groups excluding carboxylic acids is 1. The SMILES string of the molecule is O=C1[C@@H]2[C@H]3CC[C@H](C3)[C@@H]2C(O)N1C[C@@H]1CCCC[C@H]1CN(CCO)CCO. The molecule has 4 aliphatic rings. The highest BCUT2D eigenvalue weighted by Crippen LogP contribution is 2.57. The third-order valence-corrected chi connectivity index (χ3v) is 8.04. The van der Waals surface area contributed by atoms with Gasteiger partial charge >= 0.3 is 0 Å². The zero-order chi connectivity index (χ0) is 19.0. The van der Waals surface area contributed by atoms with Crippen LogP contribution in [0.5, 0.6) is 0 Å². The highest BCUT2D eigenvalue weighted by Gasteiger charge is 2.60. The lowest BCUT2D eigenvalue weighted by Gasteiger charge is -2.38. The fourth-order valence-corrected chi connectivity index (χ4v) is 6.79. The number of hydrogen-bond donors (Lipinski definition) is 3. The molecule has 7 atom stereocenters. The van der Waals surface area contributed by atoms with Crippen LogP contribution >= 0.6 is 0 Å². The van der Waals surface area contributed by atoms with E-state index in [1.807, 2.05) is 4.90 Å². The minimum atomic E-state index is -0.577. The molecule has 3 N–H and O–H groups in total. The van der Waals surface area contributed by atoms with E-state index in [1.54, 1.807) is 0 Å². The molecule has 154 valence electrons. The number of amides is 1. The van der Waals surface area contributed by atoms with Gasteiger partial charge in [0.05, 0.1) is 13.2 Å². The molecule has 6 heteroatoms. The van der Waals surface area contributed by atoms with Crippen molar-refractivity contribution in [3.8, 4) is 0 Å². The molecule has 1 unspecified atom stereocenters. The van der Waals surface area contributed by atoms with Crippen molar-refractivity contribution in [3.63, 3.8) is 0 Å². The molecule has 27 heavy (non-hydrogen) atoms. The Morgan fingerprint density at radius 2 is 1.63 bits per heavy atom. The summed E-state index contributed by atoms with van der Waals surface area (Å²) in [6, 6.07) is 0. The van der Waals surface area contributed by atoms with Crippen LogP contribution < -0.4 is 0 Å². The third kappa shape index (κ3) is 3.66. The Balaban J connectivity index is 1.41. The monoisotopic (exact) mass is 380 g/mol. The molecule has 0 aromatic heterocycles. The van der Waals surface area contributed by atoms with Crippen molar-refractivity contribution >= 4 is 5.91 Å². The number of aliphatic hydroxyl groups is 3. The molecule has 4 rings (SSSR count). The Bertz CT molecular complexity index is 524. The van der Waals surface area contributed by atoms with Crippen LogP contribution in [-0.2, 0) is 4.79 Å². The van der Waals surface area contributed by atoms with Crippen molar-refractivity contribution < 1.29 is 20.1 Å². The van der Waals surface area contributed by atoms with Crippen molar-refractivity contribution in [1.29, 1.82) is 0 Å². The highest BCUT2D eigenvalue weighted by atomic mass is 16.3. The molecular weight excluding hydrogens is 344 g/mol. The Morgan fingerprint density at radius 1 is 0.963 bits per heavy atom. The van der Waals surface area contributed by atoms with E-state index in [4.69, 9.17) is 0 Å². The van der Waals surface area contributed by atoms with Gasteiger partial charge in [-0.15, -0.1) is 0 Å². The summed E-state index contributed by atoms with van der Waals surface area (Å²) in [5.74, 6) is 2.42. The Morgan fingerprint density at radius 3 is 2.30 bits per heavy atom. The maximum absolute atomic E-state index is 13.1. The largest absolute Gasteiger partial charge is 0.395 e. The normalized spacial score (nSPS) is 41.0. The molecule has 2 bridgehead atoms. The third-order valence-electron chi connectivity index (χ3n) is 8.04. The first kappa shape index (κ1) is 19.6. The van der Waals surface area contributed by atoms with Gasteiger partial charge in [0.25, 0.3) is 0 Å². The molecule has 6 nitrogen and oxygen atoms in total. The number of aliphatic hydroxyl groups excluding tert-OH is 3. The van der Waals surface area contributed by atoms with Gasteiger partial charge in [-0.3, -0.25) is 9.69 Å². The maximum Gasteiger partial charge on any atom is 0.228 e. The van der Waals surface area contributed by atoms with Crippen LogP contribution in [0, 0.1) is 35.5 Å². The van der Waals surface area contributed by atoms with Gasteiger partial charge in [0.15, 0.2) is 0 Å². The van der Waals surface area contributed by atoms with E-state index >= 15 is 0 Å². The van der Waals surface area contributed by atoms with Crippen LogP contribution in [0.2, 0.25) is 0 Å². The summed E-state index contributed by atoms with van der Waals surface area (Å²) in [6.45, 7) is 2.93. The molecule has 3 saturated carbocycles. The summed E-state index contributed by atoms with van der Waals surface area (Å²) in [6.07, 6.45) is 7.57. The lowest BCUT2D eigenvalue weighted by atomic mass is 9.78. The van der Waals surface area contributed by atoms with Crippen molar-refractivity contribution in [2.75, 3.05) is 39.4 Å². The van der Waals surface area contributed by atoms with E-state index in [1.165, 1.54) is 25.7 Å². The second-order valence-electron chi connectivity index (χ2n) is 9.39. The molecule has 0 spiro atoms. The quantitative estimate of drug-likeness (QED) is 0.583. The maximum atomic E-state index is 13.1. The first-order valence-electron chi connectivity index (χ1n) is 11.1. The first-order valence-corrected chi connectivity index (χ1v) is 11.1. The minimum absolute atomic E-state index is 0.0843. The summed E-state index contributed by atoms with van der Waals surface area (Å²) in [5, 5.41) is 29.5.